The van der Waals surface area contributed by atoms with E-state index in [0.29, 0.717) is 23.2 Å². The van der Waals surface area contributed by atoms with Crippen LogP contribution in [0.3, 0.4) is 0 Å². The molecule has 1 aromatic heterocycles. The molecular formula is C23H27F4NO3. The van der Waals surface area contributed by atoms with E-state index in [-0.39, 0.29) is 31.9 Å². The maximum Gasteiger partial charge on any atom is 0.416 e. The Labute approximate surface area is 180 Å². The van der Waals surface area contributed by atoms with Gasteiger partial charge in [0.15, 0.2) is 5.78 Å². The Morgan fingerprint density at radius 1 is 1.23 bits per heavy atom. The van der Waals surface area contributed by atoms with Crippen molar-refractivity contribution in [2.75, 3.05) is 13.2 Å². The van der Waals surface area contributed by atoms with Gasteiger partial charge in [0.2, 0.25) is 0 Å². The first kappa shape index (κ1) is 23.3. The molecule has 1 aliphatic heterocycles. The zero-order chi connectivity index (χ0) is 22.4. The molecule has 2 heterocycles. The van der Waals surface area contributed by atoms with E-state index in [9.17, 15) is 22.4 Å². The van der Waals surface area contributed by atoms with Gasteiger partial charge in [-0.05, 0) is 48.9 Å². The van der Waals surface area contributed by atoms with E-state index in [1.165, 1.54) is 6.20 Å². The Bertz CT molecular complexity index is 884. The van der Waals surface area contributed by atoms with Crippen LogP contribution in [0.15, 0.2) is 36.5 Å². The molecule has 0 amide bonds. The quantitative estimate of drug-likeness (QED) is 0.382. The highest BCUT2D eigenvalue weighted by molar-refractivity contribution is 5.95. The second-order valence-electron chi connectivity index (χ2n) is 7.91. The number of hydrogen-bond donors (Lipinski definition) is 0. The lowest BCUT2D eigenvalue weighted by Crippen LogP contribution is -2.22. The van der Waals surface area contributed by atoms with Crippen molar-refractivity contribution in [1.29, 1.82) is 0 Å². The largest absolute Gasteiger partial charge is 0.416 e. The van der Waals surface area contributed by atoms with Gasteiger partial charge in [-0.25, -0.2) is 4.39 Å². The van der Waals surface area contributed by atoms with Crippen molar-refractivity contribution in [2.24, 2.45) is 11.8 Å². The summed E-state index contributed by atoms with van der Waals surface area (Å²) in [4.78, 5) is 16.8. The van der Waals surface area contributed by atoms with Crippen LogP contribution in [0.5, 0.6) is 0 Å². The van der Waals surface area contributed by atoms with Gasteiger partial charge < -0.3 is 9.47 Å². The summed E-state index contributed by atoms with van der Waals surface area (Å²) in [6, 6.07) is 5.70. The van der Waals surface area contributed by atoms with Gasteiger partial charge in [-0.1, -0.05) is 19.1 Å². The highest BCUT2D eigenvalue weighted by Crippen LogP contribution is 2.30. The third kappa shape index (κ3) is 6.58. The van der Waals surface area contributed by atoms with Crippen molar-refractivity contribution in [2.45, 2.75) is 45.6 Å². The fraction of sp³-hybridized carbons (Fsp3) is 0.478. The van der Waals surface area contributed by atoms with Gasteiger partial charge in [0.25, 0.3) is 0 Å². The molecule has 170 valence electrons. The molecule has 0 aliphatic carbocycles. The van der Waals surface area contributed by atoms with E-state index in [1.807, 2.05) is 6.92 Å². The van der Waals surface area contributed by atoms with Crippen molar-refractivity contribution >= 4 is 5.78 Å². The number of rotatable bonds is 8. The van der Waals surface area contributed by atoms with Crippen molar-refractivity contribution < 1.29 is 33.3 Å². The molecule has 1 unspecified atom stereocenters. The summed E-state index contributed by atoms with van der Waals surface area (Å²) < 4.78 is 62.4. The zero-order valence-electron chi connectivity index (χ0n) is 17.3. The van der Waals surface area contributed by atoms with Gasteiger partial charge in [0.05, 0.1) is 18.8 Å². The number of Topliss-reactive ketones (excluding diaryl/α,β-unsaturated/α-hetero) is 1. The molecule has 0 saturated carbocycles. The second kappa shape index (κ2) is 10.3. The minimum atomic E-state index is -4.59. The van der Waals surface area contributed by atoms with E-state index in [1.54, 1.807) is 12.1 Å². The SMILES string of the molecule is CC(CC1CCOCC1)C(=O)c1ccc(COCc2ccc(C(F)(F)F)cc2F)cn1.[HH]. The van der Waals surface area contributed by atoms with Crippen LogP contribution in [-0.2, 0) is 28.9 Å². The third-order valence-electron chi connectivity index (χ3n) is 5.46. The molecule has 1 saturated heterocycles. The van der Waals surface area contributed by atoms with Gasteiger partial charge in [-0.15, -0.1) is 0 Å². The number of halogens is 4. The Morgan fingerprint density at radius 2 is 1.97 bits per heavy atom. The number of benzene rings is 1. The van der Waals surface area contributed by atoms with Gasteiger partial charge in [-0.2, -0.15) is 13.2 Å². The van der Waals surface area contributed by atoms with E-state index >= 15 is 0 Å². The standard InChI is InChI=1S/C23H25F4NO3.H2/c1-15(10-16-6-8-30-9-7-16)22(29)21-5-2-17(12-28-21)13-31-14-18-3-4-19(11-20(18)24)23(25,26)27;/h2-5,11-12,15-16H,6-10,13-14H2,1H3;1H. The number of pyridine rings is 1. The summed E-state index contributed by atoms with van der Waals surface area (Å²) in [5, 5.41) is 0. The lowest BCUT2D eigenvalue weighted by atomic mass is 9.87. The normalized spacial score (nSPS) is 16.3. The molecule has 0 spiro atoms. The Kier molecular flexibility index (Phi) is 7.78. The van der Waals surface area contributed by atoms with Crippen molar-refractivity contribution in [3.63, 3.8) is 0 Å². The van der Waals surface area contributed by atoms with Crippen LogP contribution in [0, 0.1) is 17.7 Å². The first-order valence-corrected chi connectivity index (χ1v) is 10.2. The highest BCUT2D eigenvalue weighted by Gasteiger charge is 2.31. The van der Waals surface area contributed by atoms with E-state index in [0.717, 1.165) is 44.6 Å². The number of carbonyl (C=O) groups is 1. The average Bonchev–Trinajstić information content (AvgIpc) is 2.75. The summed E-state index contributed by atoms with van der Waals surface area (Å²) in [5.74, 6) is -0.607. The lowest BCUT2D eigenvalue weighted by molar-refractivity contribution is -0.137. The minimum absolute atomic E-state index is 0. The fourth-order valence-corrected chi connectivity index (χ4v) is 3.62. The smallest absolute Gasteiger partial charge is 0.381 e. The number of nitrogens with zero attached hydrogens (tertiary/aromatic N) is 1. The second-order valence-corrected chi connectivity index (χ2v) is 7.91. The van der Waals surface area contributed by atoms with Crippen LogP contribution in [-0.4, -0.2) is 24.0 Å². The molecule has 3 rings (SSSR count). The molecule has 2 aromatic rings. The molecule has 0 bridgehead atoms. The zero-order valence-corrected chi connectivity index (χ0v) is 17.3. The predicted molar refractivity (Wildman–Crippen MR) is 108 cm³/mol. The maximum absolute atomic E-state index is 13.9. The van der Waals surface area contributed by atoms with Gasteiger partial charge in [0, 0.05) is 32.3 Å². The van der Waals surface area contributed by atoms with E-state index < -0.39 is 17.6 Å². The summed E-state index contributed by atoms with van der Waals surface area (Å²) in [5.41, 5.74) is 0.0667. The predicted octanol–water partition coefficient (Wildman–Crippen LogP) is 5.84. The van der Waals surface area contributed by atoms with Crippen LogP contribution in [0.2, 0.25) is 0 Å². The molecule has 1 aromatic carbocycles. The van der Waals surface area contributed by atoms with Crippen molar-refractivity contribution in [3.8, 4) is 0 Å². The third-order valence-corrected chi connectivity index (χ3v) is 5.46. The van der Waals surface area contributed by atoms with Gasteiger partial charge >= 0.3 is 6.18 Å². The summed E-state index contributed by atoms with van der Waals surface area (Å²) in [6.45, 7) is 3.32. The van der Waals surface area contributed by atoms with E-state index in [2.05, 4.69) is 4.98 Å². The van der Waals surface area contributed by atoms with Crippen LogP contribution >= 0.6 is 0 Å². The maximum atomic E-state index is 13.9. The number of aromatic nitrogens is 1. The number of ketones is 1. The minimum Gasteiger partial charge on any atom is -0.381 e. The Balaban J connectivity index is 0.00000363. The first-order chi connectivity index (χ1) is 14.7. The lowest BCUT2D eigenvalue weighted by Gasteiger charge is -2.24. The number of alkyl halides is 3. The molecular weight excluding hydrogens is 414 g/mol. The average molecular weight is 441 g/mol. The Morgan fingerprint density at radius 3 is 2.58 bits per heavy atom. The molecule has 1 fully saturated rings. The molecule has 0 N–H and O–H groups in total. The monoisotopic (exact) mass is 441 g/mol. The van der Waals surface area contributed by atoms with Crippen LogP contribution < -0.4 is 0 Å². The van der Waals surface area contributed by atoms with Crippen LogP contribution in [0.4, 0.5) is 17.6 Å². The molecule has 31 heavy (non-hydrogen) atoms. The molecule has 0 radical (unpaired) electrons. The van der Waals surface area contributed by atoms with Gasteiger partial charge in [0.1, 0.15) is 11.5 Å². The fourth-order valence-electron chi connectivity index (χ4n) is 3.62. The summed E-state index contributed by atoms with van der Waals surface area (Å²) >= 11 is 0. The number of carbonyl (C=O) groups excluding carboxylic acids is 1. The number of hydrogen-bond acceptors (Lipinski definition) is 4. The molecule has 4 nitrogen and oxygen atoms in total. The Hall–Kier alpha value is -2.32. The molecule has 1 aliphatic rings. The van der Waals surface area contributed by atoms with Crippen LogP contribution in [0.25, 0.3) is 0 Å². The number of ether oxygens (including phenoxy) is 2. The highest BCUT2D eigenvalue weighted by atomic mass is 19.4. The summed E-state index contributed by atoms with van der Waals surface area (Å²) in [6.07, 6.45) is -0.306. The molecule has 8 heteroatoms. The van der Waals surface area contributed by atoms with Crippen molar-refractivity contribution in [1.82, 2.24) is 4.98 Å². The van der Waals surface area contributed by atoms with E-state index in [4.69, 9.17) is 9.47 Å². The van der Waals surface area contributed by atoms with Crippen LogP contribution in [0.1, 0.15) is 54.8 Å². The molecule has 1 atom stereocenters. The van der Waals surface area contributed by atoms with Crippen molar-refractivity contribution in [3.05, 3.63) is 64.7 Å². The summed E-state index contributed by atoms with van der Waals surface area (Å²) in [7, 11) is 0. The topological polar surface area (TPSA) is 48.4 Å². The van der Waals surface area contributed by atoms with Gasteiger partial charge in [-0.3, -0.25) is 9.78 Å². The first-order valence-electron chi connectivity index (χ1n) is 10.2.